The molecule has 146 valence electrons. The number of hydrogen-bond donors (Lipinski definition) is 2. The van der Waals surface area contributed by atoms with Crippen molar-refractivity contribution in [2.75, 3.05) is 7.11 Å². The Morgan fingerprint density at radius 3 is 2.50 bits per heavy atom. The van der Waals surface area contributed by atoms with E-state index in [0.29, 0.717) is 24.0 Å². The van der Waals surface area contributed by atoms with Crippen LogP contribution in [0.25, 0.3) is 5.57 Å². The summed E-state index contributed by atoms with van der Waals surface area (Å²) in [6.45, 7) is 4.02. The van der Waals surface area contributed by atoms with Gasteiger partial charge in [0.25, 0.3) is 0 Å². The molecule has 1 atom stereocenters. The highest BCUT2D eigenvalue weighted by molar-refractivity contribution is 6.02. The van der Waals surface area contributed by atoms with Crippen molar-refractivity contribution < 1.29 is 24.5 Å². The lowest BCUT2D eigenvalue weighted by Gasteiger charge is -2.12. The molecule has 2 aromatic carbocycles. The number of aromatic hydroxyl groups is 2. The summed E-state index contributed by atoms with van der Waals surface area (Å²) in [5.74, 6) is -0.0424. The van der Waals surface area contributed by atoms with Crippen LogP contribution in [0, 0.1) is 0 Å². The van der Waals surface area contributed by atoms with Crippen LogP contribution in [0.4, 0.5) is 0 Å². The second-order valence-electron chi connectivity index (χ2n) is 7.04. The van der Waals surface area contributed by atoms with Gasteiger partial charge in [-0.05, 0) is 55.2 Å². The monoisotopic (exact) mass is 380 g/mol. The number of ether oxygens (including phenoxy) is 2. The zero-order chi connectivity index (χ0) is 20.3. The SMILES string of the molecule is COC1OC(=O)C(Cc2ccc(O)c(CC=C(C)C)c2)=C1c1ccc(O)cc1. The number of allylic oxidation sites excluding steroid dienone is 2. The van der Waals surface area contributed by atoms with E-state index in [-0.39, 0.29) is 11.5 Å². The first-order valence-corrected chi connectivity index (χ1v) is 9.09. The third-order valence-electron chi connectivity index (χ3n) is 4.67. The Hall–Kier alpha value is -3.05. The Balaban J connectivity index is 1.99. The second kappa shape index (κ2) is 8.31. The number of carbonyl (C=O) groups excluding carboxylic acids is 1. The van der Waals surface area contributed by atoms with Gasteiger partial charge in [0.15, 0.2) is 0 Å². The number of phenols is 2. The largest absolute Gasteiger partial charge is 0.508 e. The van der Waals surface area contributed by atoms with Crippen LogP contribution < -0.4 is 0 Å². The van der Waals surface area contributed by atoms with E-state index in [0.717, 1.165) is 16.7 Å². The predicted octanol–water partition coefficient (Wildman–Crippen LogP) is 4.13. The highest BCUT2D eigenvalue weighted by Gasteiger charge is 2.35. The number of phenolic OH excluding ortho intramolecular Hbond substituents is 2. The van der Waals surface area contributed by atoms with Crippen molar-refractivity contribution in [3.8, 4) is 11.5 Å². The maximum Gasteiger partial charge on any atom is 0.337 e. The van der Waals surface area contributed by atoms with Crippen LogP contribution >= 0.6 is 0 Å². The minimum absolute atomic E-state index is 0.146. The van der Waals surface area contributed by atoms with Crippen molar-refractivity contribution in [3.05, 3.63) is 76.4 Å². The Morgan fingerprint density at radius 1 is 1.14 bits per heavy atom. The Bertz CT molecular complexity index is 934. The Labute approximate surface area is 164 Å². The Kier molecular flexibility index (Phi) is 5.85. The number of esters is 1. The number of hydrogen-bond acceptors (Lipinski definition) is 5. The van der Waals surface area contributed by atoms with Gasteiger partial charge in [-0.2, -0.15) is 0 Å². The number of rotatable bonds is 6. The number of methoxy groups -OCH3 is 1. The molecule has 0 radical (unpaired) electrons. The van der Waals surface area contributed by atoms with E-state index in [1.807, 2.05) is 26.0 Å². The topological polar surface area (TPSA) is 76.0 Å². The van der Waals surface area contributed by atoms with Crippen molar-refractivity contribution in [1.82, 2.24) is 0 Å². The molecule has 5 nitrogen and oxygen atoms in total. The van der Waals surface area contributed by atoms with Gasteiger partial charge in [-0.25, -0.2) is 4.79 Å². The number of carbonyl (C=O) groups is 1. The lowest BCUT2D eigenvalue weighted by molar-refractivity contribution is -0.154. The summed E-state index contributed by atoms with van der Waals surface area (Å²) < 4.78 is 10.7. The van der Waals surface area contributed by atoms with Crippen LogP contribution in [0.2, 0.25) is 0 Å². The molecule has 0 saturated carbocycles. The predicted molar refractivity (Wildman–Crippen MR) is 107 cm³/mol. The van der Waals surface area contributed by atoms with E-state index in [9.17, 15) is 15.0 Å². The molecule has 0 saturated heterocycles. The molecule has 5 heteroatoms. The van der Waals surface area contributed by atoms with Gasteiger partial charge in [0.1, 0.15) is 11.5 Å². The summed E-state index contributed by atoms with van der Waals surface area (Å²) in [6, 6.07) is 11.9. The van der Waals surface area contributed by atoms with Crippen LogP contribution in [0.5, 0.6) is 11.5 Å². The minimum Gasteiger partial charge on any atom is -0.508 e. The standard InChI is InChI=1S/C23H24O5/c1-14(2)4-6-17-12-15(5-11-20(17)25)13-19-21(23(27-3)28-22(19)26)16-7-9-18(24)10-8-16/h4-5,7-12,23-25H,6,13H2,1-3H3. The summed E-state index contributed by atoms with van der Waals surface area (Å²) in [7, 11) is 1.49. The molecule has 0 fully saturated rings. The summed E-state index contributed by atoms with van der Waals surface area (Å²) in [5.41, 5.74) is 4.80. The zero-order valence-corrected chi connectivity index (χ0v) is 16.2. The molecule has 28 heavy (non-hydrogen) atoms. The van der Waals surface area contributed by atoms with Crippen LogP contribution in [0.15, 0.2) is 59.7 Å². The first-order valence-electron chi connectivity index (χ1n) is 9.09. The number of cyclic esters (lactones) is 1. The third-order valence-corrected chi connectivity index (χ3v) is 4.67. The van der Waals surface area contributed by atoms with Crippen molar-refractivity contribution in [2.24, 2.45) is 0 Å². The van der Waals surface area contributed by atoms with Gasteiger partial charge in [-0.15, -0.1) is 0 Å². The molecule has 0 bridgehead atoms. The van der Waals surface area contributed by atoms with E-state index in [4.69, 9.17) is 9.47 Å². The Morgan fingerprint density at radius 2 is 1.86 bits per heavy atom. The quantitative estimate of drug-likeness (QED) is 0.582. The van der Waals surface area contributed by atoms with E-state index >= 15 is 0 Å². The van der Waals surface area contributed by atoms with Crippen LogP contribution in [0.1, 0.15) is 30.5 Å². The molecule has 1 heterocycles. The smallest absolute Gasteiger partial charge is 0.337 e. The fraction of sp³-hybridized carbons (Fsp3) is 0.261. The van der Waals surface area contributed by atoms with Gasteiger partial charge in [0.05, 0.1) is 5.57 Å². The van der Waals surface area contributed by atoms with Crippen molar-refractivity contribution >= 4 is 11.5 Å². The molecule has 1 aliphatic rings. The first-order chi connectivity index (χ1) is 13.4. The highest BCUT2D eigenvalue weighted by atomic mass is 16.7. The maximum atomic E-state index is 12.5. The van der Waals surface area contributed by atoms with Gasteiger partial charge in [-0.3, -0.25) is 0 Å². The fourth-order valence-electron chi connectivity index (χ4n) is 3.19. The molecule has 0 amide bonds. The molecule has 0 spiro atoms. The fourth-order valence-corrected chi connectivity index (χ4v) is 3.19. The average Bonchev–Trinajstić information content (AvgIpc) is 2.98. The molecule has 1 aliphatic heterocycles. The van der Waals surface area contributed by atoms with Crippen LogP contribution in [-0.2, 0) is 27.1 Å². The van der Waals surface area contributed by atoms with E-state index in [2.05, 4.69) is 0 Å². The van der Waals surface area contributed by atoms with Crippen LogP contribution in [0.3, 0.4) is 0 Å². The van der Waals surface area contributed by atoms with Gasteiger partial charge in [-0.1, -0.05) is 35.9 Å². The average molecular weight is 380 g/mol. The lowest BCUT2D eigenvalue weighted by Crippen LogP contribution is -2.13. The molecular formula is C23H24O5. The number of benzene rings is 2. The van der Waals surface area contributed by atoms with Gasteiger partial charge in [0, 0.05) is 19.1 Å². The third kappa shape index (κ3) is 4.26. The summed E-state index contributed by atoms with van der Waals surface area (Å²) in [4.78, 5) is 12.5. The molecule has 0 aromatic heterocycles. The molecular weight excluding hydrogens is 356 g/mol. The molecule has 3 rings (SSSR count). The van der Waals surface area contributed by atoms with Crippen molar-refractivity contribution in [3.63, 3.8) is 0 Å². The molecule has 0 aliphatic carbocycles. The zero-order valence-electron chi connectivity index (χ0n) is 16.2. The van der Waals surface area contributed by atoms with E-state index in [1.165, 1.54) is 12.7 Å². The molecule has 1 unspecified atom stereocenters. The van der Waals surface area contributed by atoms with Gasteiger partial charge in [0.2, 0.25) is 6.29 Å². The highest BCUT2D eigenvalue weighted by Crippen LogP contribution is 2.35. The van der Waals surface area contributed by atoms with E-state index in [1.54, 1.807) is 36.4 Å². The summed E-state index contributed by atoms with van der Waals surface area (Å²) in [5, 5.41) is 19.7. The maximum absolute atomic E-state index is 12.5. The lowest BCUT2D eigenvalue weighted by atomic mass is 9.94. The van der Waals surface area contributed by atoms with Gasteiger partial charge >= 0.3 is 5.97 Å². The summed E-state index contributed by atoms with van der Waals surface area (Å²) >= 11 is 0. The normalized spacial score (nSPS) is 16.2. The molecule has 2 aromatic rings. The van der Waals surface area contributed by atoms with Crippen LogP contribution in [-0.4, -0.2) is 29.6 Å². The van der Waals surface area contributed by atoms with Crippen molar-refractivity contribution in [2.45, 2.75) is 33.0 Å². The summed E-state index contributed by atoms with van der Waals surface area (Å²) in [6.07, 6.45) is 2.24. The first kappa shape index (κ1) is 19.7. The van der Waals surface area contributed by atoms with Crippen molar-refractivity contribution in [1.29, 1.82) is 0 Å². The van der Waals surface area contributed by atoms with E-state index < -0.39 is 12.3 Å². The second-order valence-corrected chi connectivity index (χ2v) is 7.04. The van der Waals surface area contributed by atoms with Gasteiger partial charge < -0.3 is 19.7 Å². The minimum atomic E-state index is -0.783. The molecule has 2 N–H and O–H groups in total.